The molecule has 2 amide bonds. The van der Waals surface area contributed by atoms with E-state index in [-0.39, 0.29) is 42.7 Å². The number of benzene rings is 1. The number of carbonyl (C=O) groups is 2. The molecule has 13 nitrogen and oxygen atoms in total. The number of nitrogens with zero attached hydrogens (tertiary/aromatic N) is 7. The van der Waals surface area contributed by atoms with Gasteiger partial charge in [-0.05, 0) is 83.1 Å². The average Bonchev–Trinajstić information content (AvgIpc) is 3.43. The highest BCUT2D eigenvalue weighted by molar-refractivity contribution is 5.94. The van der Waals surface area contributed by atoms with Crippen LogP contribution in [-0.2, 0) is 9.47 Å². The van der Waals surface area contributed by atoms with E-state index in [1.807, 2.05) is 4.90 Å². The lowest BCUT2D eigenvalue weighted by Gasteiger charge is -2.38. The summed E-state index contributed by atoms with van der Waals surface area (Å²) in [6, 6.07) is 3.41. The molecule has 0 bridgehead atoms. The minimum atomic E-state index is -0.735. The molecule has 2 aromatic heterocycles. The van der Waals surface area contributed by atoms with Gasteiger partial charge in [-0.25, -0.2) is 23.5 Å². The van der Waals surface area contributed by atoms with Crippen LogP contribution in [-0.4, -0.2) is 93.5 Å². The number of alkyl carbamates (subject to hydrolysis) is 1. The number of ether oxygens (including phenoxy) is 2. The zero-order chi connectivity index (χ0) is 34.3. The maximum Gasteiger partial charge on any atom is 0.407 e. The van der Waals surface area contributed by atoms with Gasteiger partial charge in [0.2, 0.25) is 11.8 Å². The Kier molecular flexibility index (Phi) is 9.11. The van der Waals surface area contributed by atoms with Crippen LogP contribution >= 0.6 is 0 Å². The van der Waals surface area contributed by atoms with Crippen molar-refractivity contribution in [2.75, 3.05) is 42.6 Å². The van der Waals surface area contributed by atoms with Crippen LogP contribution in [0.4, 0.5) is 25.5 Å². The molecule has 4 aliphatic rings. The quantitative estimate of drug-likeness (QED) is 0.352. The van der Waals surface area contributed by atoms with Crippen LogP contribution in [0.3, 0.4) is 0 Å². The summed E-state index contributed by atoms with van der Waals surface area (Å²) in [7, 11) is 0. The third-order valence-corrected chi connectivity index (χ3v) is 9.50. The number of carbonyl (C=O) groups excluding carboxylic acids is 2. The molecule has 3 unspecified atom stereocenters. The van der Waals surface area contributed by atoms with Gasteiger partial charge in [0, 0.05) is 63.2 Å². The average molecular weight is 681 g/mol. The Morgan fingerprint density at radius 3 is 2.41 bits per heavy atom. The standard InChI is InChI=1S/C34H42F2N8O5/c1-34(2,3)48-33(46)39-27-19-43(18-25(27)24-15-21(35)6-9-26(24)36)31-37-16-20(17-38-31)30(45)44(22-7-8-22)23-10-12-42(13-11-23)32-40-29(41-49-32)28-5-4-14-47-28/h6,9,15-17,22-23,25,27-28H,4-5,7-8,10-14,18-19H2,1-3H3,(H,39,46). The molecular weight excluding hydrogens is 638 g/mol. The maximum atomic E-state index is 14.9. The molecule has 5 heterocycles. The Hall–Kier alpha value is -4.40. The van der Waals surface area contributed by atoms with Crippen molar-refractivity contribution in [2.45, 2.75) is 95.0 Å². The van der Waals surface area contributed by atoms with E-state index in [4.69, 9.17) is 14.0 Å². The van der Waals surface area contributed by atoms with Crippen LogP contribution in [0.5, 0.6) is 0 Å². The molecule has 262 valence electrons. The van der Waals surface area contributed by atoms with Crippen LogP contribution in [0, 0.1) is 11.6 Å². The number of halogens is 2. The lowest BCUT2D eigenvalue weighted by Crippen LogP contribution is -2.48. The summed E-state index contributed by atoms with van der Waals surface area (Å²) >= 11 is 0. The Bertz CT molecular complexity index is 1650. The third kappa shape index (κ3) is 7.46. The van der Waals surface area contributed by atoms with E-state index in [0.717, 1.165) is 56.7 Å². The van der Waals surface area contributed by atoms with Crippen molar-refractivity contribution in [3.05, 3.63) is 59.2 Å². The largest absolute Gasteiger partial charge is 0.444 e. The van der Waals surface area contributed by atoms with E-state index in [1.165, 1.54) is 12.4 Å². The van der Waals surface area contributed by atoms with Crippen molar-refractivity contribution in [3.63, 3.8) is 0 Å². The van der Waals surface area contributed by atoms with Gasteiger partial charge in [-0.3, -0.25) is 4.79 Å². The molecule has 3 atom stereocenters. The van der Waals surface area contributed by atoms with E-state index in [9.17, 15) is 18.4 Å². The van der Waals surface area contributed by atoms with Crippen LogP contribution in [0.15, 0.2) is 35.1 Å². The molecule has 49 heavy (non-hydrogen) atoms. The fourth-order valence-electron chi connectivity index (χ4n) is 7.01. The zero-order valence-electron chi connectivity index (χ0n) is 28.0. The smallest absolute Gasteiger partial charge is 0.407 e. The normalized spacial score (nSPS) is 23.2. The van der Waals surface area contributed by atoms with Crippen LogP contribution in [0.25, 0.3) is 0 Å². The van der Waals surface area contributed by atoms with Gasteiger partial charge in [-0.15, -0.1) is 0 Å². The fourth-order valence-corrected chi connectivity index (χ4v) is 7.01. The number of nitrogens with one attached hydrogen (secondary N) is 1. The van der Waals surface area contributed by atoms with Gasteiger partial charge >= 0.3 is 12.1 Å². The second kappa shape index (κ2) is 13.5. The SMILES string of the molecule is CC(C)(C)OC(=O)NC1CN(c2ncc(C(=O)N(C3CC3)C3CCN(c4nc(C5CCCO5)no4)CC3)cn2)CC1c1cc(F)ccc1F. The highest BCUT2D eigenvalue weighted by atomic mass is 19.1. The van der Waals surface area contributed by atoms with E-state index in [2.05, 4.69) is 30.3 Å². The molecule has 15 heteroatoms. The Labute approximate surface area is 283 Å². The summed E-state index contributed by atoms with van der Waals surface area (Å²) in [4.78, 5) is 46.1. The van der Waals surface area contributed by atoms with Crippen LogP contribution in [0.2, 0.25) is 0 Å². The first-order valence-corrected chi connectivity index (χ1v) is 17.1. The van der Waals surface area contributed by atoms with E-state index < -0.39 is 35.3 Å². The minimum absolute atomic E-state index is 0.0525. The van der Waals surface area contributed by atoms with Gasteiger partial charge in [-0.1, -0.05) is 5.16 Å². The molecule has 7 rings (SSSR count). The number of hydrogen-bond donors (Lipinski definition) is 1. The van der Waals surface area contributed by atoms with E-state index in [1.54, 1.807) is 25.7 Å². The summed E-state index contributed by atoms with van der Waals surface area (Å²) in [5, 5.41) is 6.96. The van der Waals surface area contributed by atoms with Gasteiger partial charge in [-0.2, -0.15) is 4.98 Å². The summed E-state index contributed by atoms with van der Waals surface area (Å²) in [6.07, 6.45) is 7.59. The number of anilines is 2. The molecule has 1 saturated carbocycles. The molecule has 1 aliphatic carbocycles. The molecule has 0 spiro atoms. The van der Waals surface area contributed by atoms with Gasteiger partial charge < -0.3 is 34.0 Å². The second-order valence-corrected chi connectivity index (χ2v) is 14.3. The van der Waals surface area contributed by atoms with Gasteiger partial charge in [0.15, 0.2) is 0 Å². The molecule has 3 aromatic rings. The predicted octanol–water partition coefficient (Wildman–Crippen LogP) is 4.76. The van der Waals surface area contributed by atoms with Crippen LogP contribution in [0.1, 0.15) is 93.1 Å². The maximum absolute atomic E-state index is 14.9. The highest BCUT2D eigenvalue weighted by Gasteiger charge is 2.41. The van der Waals surface area contributed by atoms with Crippen molar-refractivity contribution < 1.29 is 32.4 Å². The summed E-state index contributed by atoms with van der Waals surface area (Å²) < 4.78 is 45.8. The first kappa shape index (κ1) is 33.1. The number of aromatic nitrogens is 4. The number of rotatable bonds is 8. The molecule has 4 fully saturated rings. The monoisotopic (exact) mass is 680 g/mol. The second-order valence-electron chi connectivity index (χ2n) is 14.3. The number of hydrogen-bond acceptors (Lipinski definition) is 11. The Morgan fingerprint density at radius 1 is 1.00 bits per heavy atom. The molecule has 3 saturated heterocycles. The highest BCUT2D eigenvalue weighted by Crippen LogP contribution is 2.36. The van der Waals surface area contributed by atoms with Gasteiger partial charge in [0.1, 0.15) is 23.3 Å². The summed E-state index contributed by atoms with van der Waals surface area (Å²) in [6.45, 7) is 7.78. The minimum Gasteiger partial charge on any atom is -0.444 e. The van der Waals surface area contributed by atoms with Crippen molar-refractivity contribution in [2.24, 2.45) is 0 Å². The first-order valence-electron chi connectivity index (χ1n) is 17.1. The van der Waals surface area contributed by atoms with E-state index >= 15 is 0 Å². The molecular formula is C34H42F2N8O5. The van der Waals surface area contributed by atoms with Crippen LogP contribution < -0.4 is 15.1 Å². The number of amides is 2. The Balaban J connectivity index is 1.02. The zero-order valence-corrected chi connectivity index (χ0v) is 28.0. The number of piperidine rings is 1. The summed E-state index contributed by atoms with van der Waals surface area (Å²) in [5.41, 5.74) is -0.211. The van der Waals surface area contributed by atoms with Crippen molar-refractivity contribution in [1.82, 2.24) is 30.3 Å². The van der Waals surface area contributed by atoms with Gasteiger partial charge in [0.25, 0.3) is 5.91 Å². The Morgan fingerprint density at radius 2 is 1.73 bits per heavy atom. The topological polar surface area (TPSA) is 139 Å². The summed E-state index contributed by atoms with van der Waals surface area (Å²) in [5.74, 6) is -0.948. The van der Waals surface area contributed by atoms with Crippen molar-refractivity contribution >= 4 is 24.0 Å². The molecule has 0 radical (unpaired) electrons. The lowest BCUT2D eigenvalue weighted by molar-refractivity contribution is 0.0503. The predicted molar refractivity (Wildman–Crippen MR) is 173 cm³/mol. The first-order chi connectivity index (χ1) is 23.5. The molecule has 3 aliphatic heterocycles. The third-order valence-electron chi connectivity index (χ3n) is 9.50. The molecule has 1 N–H and O–H groups in total. The fraction of sp³-hybridized carbons (Fsp3) is 0.588. The van der Waals surface area contributed by atoms with Crippen molar-refractivity contribution in [1.29, 1.82) is 0 Å². The lowest BCUT2D eigenvalue weighted by atomic mass is 9.94. The van der Waals surface area contributed by atoms with E-state index in [0.29, 0.717) is 43.0 Å². The van der Waals surface area contributed by atoms with Crippen molar-refractivity contribution in [3.8, 4) is 0 Å². The molecule has 1 aromatic carbocycles. The van der Waals surface area contributed by atoms with Gasteiger partial charge in [0.05, 0.1) is 11.6 Å².